The number of para-hydroxylation sites is 1. The summed E-state index contributed by atoms with van der Waals surface area (Å²) in [6.45, 7) is -0.202. The zero-order valence-electron chi connectivity index (χ0n) is 15.3. The van der Waals surface area contributed by atoms with Crippen molar-refractivity contribution >= 4 is 35.3 Å². The molecule has 1 aliphatic carbocycles. The molecule has 0 unspecified atom stereocenters. The first-order valence-electron chi connectivity index (χ1n) is 8.75. The normalized spacial score (nSPS) is 13.2. The van der Waals surface area contributed by atoms with Gasteiger partial charge < -0.3 is 14.8 Å². The van der Waals surface area contributed by atoms with Gasteiger partial charge in [0.15, 0.2) is 18.1 Å². The maximum absolute atomic E-state index is 12.1. The summed E-state index contributed by atoms with van der Waals surface area (Å²) in [6, 6.07) is 12.1. The van der Waals surface area contributed by atoms with Crippen LogP contribution in [0.3, 0.4) is 0 Å². The van der Waals surface area contributed by atoms with E-state index in [0.29, 0.717) is 22.2 Å². The Morgan fingerprint density at radius 3 is 2.71 bits per heavy atom. The van der Waals surface area contributed by atoms with Gasteiger partial charge >= 0.3 is 0 Å². The number of nitrogens with zero attached hydrogens (tertiary/aromatic N) is 1. The molecule has 7 nitrogen and oxygen atoms in total. The van der Waals surface area contributed by atoms with Gasteiger partial charge in [-0.1, -0.05) is 23.7 Å². The Morgan fingerprint density at radius 1 is 1.21 bits per heavy atom. The van der Waals surface area contributed by atoms with E-state index in [1.54, 1.807) is 42.5 Å². The van der Waals surface area contributed by atoms with Crippen molar-refractivity contribution in [2.75, 3.05) is 19.0 Å². The molecule has 146 valence electrons. The molecular weight excluding hydrogens is 382 g/mol. The van der Waals surface area contributed by atoms with Crippen LogP contribution in [0.1, 0.15) is 18.4 Å². The van der Waals surface area contributed by atoms with Crippen LogP contribution in [0.4, 0.5) is 5.69 Å². The number of ether oxygens (including phenoxy) is 2. The third-order valence-electron chi connectivity index (χ3n) is 4.03. The summed E-state index contributed by atoms with van der Waals surface area (Å²) in [5, 5.41) is 7.07. The zero-order chi connectivity index (χ0) is 19.9. The van der Waals surface area contributed by atoms with Crippen LogP contribution >= 0.6 is 11.6 Å². The van der Waals surface area contributed by atoms with Crippen molar-refractivity contribution in [2.24, 2.45) is 11.0 Å². The number of methoxy groups -OCH3 is 1. The number of halogens is 1. The van der Waals surface area contributed by atoms with Gasteiger partial charge in [0.2, 0.25) is 5.91 Å². The smallest absolute Gasteiger partial charge is 0.262 e. The van der Waals surface area contributed by atoms with Crippen molar-refractivity contribution in [3.05, 3.63) is 53.1 Å². The van der Waals surface area contributed by atoms with Gasteiger partial charge in [-0.15, -0.1) is 0 Å². The van der Waals surface area contributed by atoms with Crippen LogP contribution in [0, 0.1) is 5.92 Å². The highest BCUT2D eigenvalue weighted by molar-refractivity contribution is 6.33. The Morgan fingerprint density at radius 2 is 2.00 bits per heavy atom. The number of carbonyl (C=O) groups excluding carboxylic acids is 2. The van der Waals surface area contributed by atoms with Crippen molar-refractivity contribution in [1.29, 1.82) is 0 Å². The third-order valence-corrected chi connectivity index (χ3v) is 4.36. The first-order valence-corrected chi connectivity index (χ1v) is 9.12. The van der Waals surface area contributed by atoms with Gasteiger partial charge in [-0.05, 0) is 48.7 Å². The number of nitrogens with one attached hydrogen (secondary N) is 2. The topological polar surface area (TPSA) is 89.0 Å². The lowest BCUT2D eigenvalue weighted by molar-refractivity contribution is -0.122. The molecule has 0 saturated heterocycles. The van der Waals surface area contributed by atoms with E-state index < -0.39 is 0 Å². The van der Waals surface area contributed by atoms with Crippen molar-refractivity contribution in [3.8, 4) is 11.5 Å². The Labute approximate surface area is 167 Å². The molecule has 0 radical (unpaired) electrons. The van der Waals surface area contributed by atoms with Gasteiger partial charge in [0, 0.05) is 5.92 Å². The maximum atomic E-state index is 12.1. The van der Waals surface area contributed by atoms with Crippen LogP contribution in [0.2, 0.25) is 5.02 Å². The number of anilines is 1. The molecule has 2 amide bonds. The summed E-state index contributed by atoms with van der Waals surface area (Å²) >= 11 is 6.02. The number of hydrogen-bond donors (Lipinski definition) is 2. The molecule has 0 heterocycles. The molecule has 2 aromatic rings. The second-order valence-electron chi connectivity index (χ2n) is 6.24. The van der Waals surface area contributed by atoms with E-state index in [4.69, 9.17) is 21.1 Å². The maximum Gasteiger partial charge on any atom is 0.262 e. The molecule has 2 N–H and O–H groups in total. The molecular formula is C20H20ClN3O4. The highest BCUT2D eigenvalue weighted by Gasteiger charge is 2.29. The van der Waals surface area contributed by atoms with Crippen LogP contribution in [0.15, 0.2) is 47.6 Å². The summed E-state index contributed by atoms with van der Waals surface area (Å²) < 4.78 is 10.8. The Bertz CT molecular complexity index is 897. The number of rotatable bonds is 8. The molecule has 0 aliphatic heterocycles. The fraction of sp³-hybridized carbons (Fsp3) is 0.250. The van der Waals surface area contributed by atoms with E-state index in [9.17, 15) is 9.59 Å². The predicted molar refractivity (Wildman–Crippen MR) is 107 cm³/mol. The summed E-state index contributed by atoms with van der Waals surface area (Å²) in [5.74, 6) is 0.551. The van der Waals surface area contributed by atoms with Crippen molar-refractivity contribution in [2.45, 2.75) is 12.8 Å². The van der Waals surface area contributed by atoms with Crippen LogP contribution in [0.5, 0.6) is 11.5 Å². The molecule has 3 rings (SSSR count). The Balaban J connectivity index is 1.56. The van der Waals surface area contributed by atoms with Crippen LogP contribution in [-0.4, -0.2) is 31.7 Å². The van der Waals surface area contributed by atoms with Gasteiger partial charge in [-0.3, -0.25) is 9.59 Å². The van der Waals surface area contributed by atoms with Gasteiger partial charge in [0.25, 0.3) is 5.91 Å². The molecule has 28 heavy (non-hydrogen) atoms. The second-order valence-corrected chi connectivity index (χ2v) is 6.64. The van der Waals surface area contributed by atoms with Crippen LogP contribution < -0.4 is 20.2 Å². The Hall–Kier alpha value is -3.06. The van der Waals surface area contributed by atoms with E-state index in [1.807, 2.05) is 0 Å². The van der Waals surface area contributed by atoms with Gasteiger partial charge in [-0.2, -0.15) is 5.10 Å². The van der Waals surface area contributed by atoms with Crippen molar-refractivity contribution < 1.29 is 19.1 Å². The van der Waals surface area contributed by atoms with E-state index in [-0.39, 0.29) is 24.3 Å². The van der Waals surface area contributed by atoms with E-state index in [2.05, 4.69) is 15.8 Å². The summed E-state index contributed by atoms with van der Waals surface area (Å²) in [4.78, 5) is 23.6. The molecule has 8 heteroatoms. The van der Waals surface area contributed by atoms with E-state index in [1.165, 1.54) is 13.3 Å². The molecule has 2 aromatic carbocycles. The van der Waals surface area contributed by atoms with Crippen molar-refractivity contribution in [3.63, 3.8) is 0 Å². The number of amides is 2. The fourth-order valence-corrected chi connectivity index (χ4v) is 2.57. The van der Waals surface area contributed by atoms with Gasteiger partial charge in [0.1, 0.15) is 0 Å². The number of hydrogen-bond acceptors (Lipinski definition) is 5. The second kappa shape index (κ2) is 9.23. The monoisotopic (exact) mass is 401 g/mol. The van der Waals surface area contributed by atoms with Gasteiger partial charge in [0.05, 0.1) is 24.0 Å². The highest BCUT2D eigenvalue weighted by atomic mass is 35.5. The van der Waals surface area contributed by atoms with E-state index >= 15 is 0 Å². The van der Waals surface area contributed by atoms with Crippen molar-refractivity contribution in [1.82, 2.24) is 5.43 Å². The summed E-state index contributed by atoms with van der Waals surface area (Å²) in [7, 11) is 1.50. The van der Waals surface area contributed by atoms with Gasteiger partial charge in [-0.25, -0.2) is 5.43 Å². The lowest BCUT2D eigenvalue weighted by Crippen LogP contribution is -2.20. The molecule has 1 saturated carbocycles. The number of benzene rings is 2. The minimum absolute atomic E-state index is 0.0623. The summed E-state index contributed by atoms with van der Waals surface area (Å²) in [5.41, 5.74) is 3.75. The largest absolute Gasteiger partial charge is 0.493 e. The Kier molecular flexibility index (Phi) is 6.49. The summed E-state index contributed by atoms with van der Waals surface area (Å²) in [6.07, 6.45) is 3.37. The molecule has 0 spiro atoms. The average molecular weight is 402 g/mol. The zero-order valence-corrected chi connectivity index (χ0v) is 16.0. The molecule has 0 aromatic heterocycles. The lowest BCUT2D eigenvalue weighted by Gasteiger charge is -2.12. The highest BCUT2D eigenvalue weighted by Crippen LogP contribution is 2.29. The quantitative estimate of drug-likeness (QED) is 0.525. The minimum Gasteiger partial charge on any atom is -0.493 e. The molecule has 1 fully saturated rings. The fourth-order valence-electron chi connectivity index (χ4n) is 2.38. The number of hydrazone groups is 1. The van der Waals surface area contributed by atoms with E-state index in [0.717, 1.165) is 18.4 Å². The standard InChI is InChI=1S/C20H20ClN3O4/c1-27-18-10-13(11-22-24-20(26)14-7-8-14)6-9-17(18)28-12-19(25)23-16-5-3-2-4-15(16)21/h2-6,9-11,14H,7-8,12H2,1H3,(H,23,25)(H,24,26)/b22-11-. The minimum atomic E-state index is -0.344. The SMILES string of the molecule is COc1cc(/C=N\NC(=O)C2CC2)ccc1OCC(=O)Nc1ccccc1Cl. The first-order chi connectivity index (χ1) is 13.6. The first kappa shape index (κ1) is 19.7. The number of carbonyl (C=O) groups is 2. The van der Waals surface area contributed by atoms with Crippen LogP contribution in [0.25, 0.3) is 0 Å². The predicted octanol–water partition coefficient (Wildman–Crippen LogP) is 3.23. The van der Waals surface area contributed by atoms with Crippen LogP contribution in [-0.2, 0) is 9.59 Å². The molecule has 0 atom stereocenters. The molecule has 0 bridgehead atoms. The molecule has 1 aliphatic rings. The third kappa shape index (κ3) is 5.47. The average Bonchev–Trinajstić information content (AvgIpc) is 3.54. The lowest BCUT2D eigenvalue weighted by atomic mass is 10.2.